The molecule has 45 heavy (non-hydrogen) atoms. The molecule has 0 atom stereocenters. The molecule has 3 heterocycles. The SMILES string of the molecule is C[Si](C)(C)CCOCN(COCC[Si](C)(C)C)c1cc(C2CCC(CC#N)CC2)nc2c(-c3cnc4ccccc4c3)cnn12. The fourth-order valence-corrected chi connectivity index (χ4v) is 7.40. The number of nitriles is 1. The van der Waals surface area contributed by atoms with Crippen molar-refractivity contribution in [3.63, 3.8) is 0 Å². The molecule has 10 heteroatoms. The number of ether oxygens (including phenoxy) is 2. The van der Waals surface area contributed by atoms with Crippen LogP contribution < -0.4 is 4.90 Å². The lowest BCUT2D eigenvalue weighted by Crippen LogP contribution is -2.33. The molecule has 0 radical (unpaired) electrons. The van der Waals surface area contributed by atoms with E-state index in [1.165, 1.54) is 0 Å². The van der Waals surface area contributed by atoms with Gasteiger partial charge < -0.3 is 14.4 Å². The third-order valence-electron chi connectivity index (χ3n) is 8.83. The summed E-state index contributed by atoms with van der Waals surface area (Å²) in [4.78, 5) is 12.2. The summed E-state index contributed by atoms with van der Waals surface area (Å²) in [5, 5.41) is 15.3. The lowest BCUT2D eigenvalue weighted by Gasteiger charge is -2.29. The number of aromatic nitrogens is 4. The van der Waals surface area contributed by atoms with E-state index in [0.717, 1.165) is 90.2 Å². The Hall–Kier alpha value is -3.11. The Bertz CT molecular complexity index is 1590. The topological polar surface area (TPSA) is 88.6 Å². The first-order valence-corrected chi connectivity index (χ1v) is 23.9. The van der Waals surface area contributed by atoms with Crippen molar-refractivity contribution < 1.29 is 9.47 Å². The summed E-state index contributed by atoms with van der Waals surface area (Å²) in [6.07, 6.45) is 8.68. The Morgan fingerprint density at radius 2 is 1.58 bits per heavy atom. The van der Waals surface area contributed by atoms with Crippen LogP contribution >= 0.6 is 0 Å². The molecule has 0 aliphatic heterocycles. The monoisotopic (exact) mass is 642 g/mol. The van der Waals surface area contributed by atoms with Crippen molar-refractivity contribution in [2.45, 2.75) is 89.4 Å². The Labute approximate surface area is 270 Å². The molecule has 8 nitrogen and oxygen atoms in total. The van der Waals surface area contributed by atoms with Gasteiger partial charge in [-0.05, 0) is 55.8 Å². The highest BCUT2D eigenvalue weighted by Gasteiger charge is 2.27. The van der Waals surface area contributed by atoms with Gasteiger partial charge in [0.1, 0.15) is 19.3 Å². The van der Waals surface area contributed by atoms with Gasteiger partial charge in [0.2, 0.25) is 0 Å². The Balaban J connectivity index is 1.52. The van der Waals surface area contributed by atoms with E-state index in [0.29, 0.717) is 31.7 Å². The summed E-state index contributed by atoms with van der Waals surface area (Å²) < 4.78 is 14.6. The van der Waals surface area contributed by atoms with Gasteiger partial charge in [-0.2, -0.15) is 14.9 Å². The van der Waals surface area contributed by atoms with Crippen LogP contribution in [0.4, 0.5) is 5.82 Å². The van der Waals surface area contributed by atoms with E-state index in [4.69, 9.17) is 24.5 Å². The highest BCUT2D eigenvalue weighted by Crippen LogP contribution is 2.38. The third kappa shape index (κ3) is 9.00. The maximum atomic E-state index is 9.26. The van der Waals surface area contributed by atoms with Gasteiger partial charge >= 0.3 is 0 Å². The number of hydrogen-bond donors (Lipinski definition) is 0. The molecule has 0 saturated heterocycles. The first-order chi connectivity index (χ1) is 21.5. The van der Waals surface area contributed by atoms with Gasteiger partial charge in [0.15, 0.2) is 5.65 Å². The molecule has 1 saturated carbocycles. The van der Waals surface area contributed by atoms with Gasteiger partial charge in [0.25, 0.3) is 0 Å². The summed E-state index contributed by atoms with van der Waals surface area (Å²) in [7, 11) is -2.45. The molecule has 1 aromatic carbocycles. The van der Waals surface area contributed by atoms with Crippen molar-refractivity contribution in [3.05, 3.63) is 54.5 Å². The largest absolute Gasteiger partial charge is 0.361 e. The second-order valence-electron chi connectivity index (χ2n) is 15.1. The Morgan fingerprint density at radius 3 is 2.22 bits per heavy atom. The number of hydrogen-bond acceptors (Lipinski definition) is 7. The molecule has 1 aliphatic rings. The number of anilines is 1. The van der Waals surface area contributed by atoms with Crippen LogP contribution in [0.25, 0.3) is 27.7 Å². The zero-order chi connectivity index (χ0) is 32.0. The molecule has 5 rings (SSSR count). The van der Waals surface area contributed by atoms with E-state index in [1.54, 1.807) is 0 Å². The van der Waals surface area contributed by atoms with Crippen molar-refractivity contribution in [2.24, 2.45) is 5.92 Å². The van der Waals surface area contributed by atoms with Crippen molar-refractivity contribution in [1.82, 2.24) is 19.6 Å². The van der Waals surface area contributed by atoms with Crippen molar-refractivity contribution in [1.29, 1.82) is 5.26 Å². The van der Waals surface area contributed by atoms with Crippen LogP contribution in [0.2, 0.25) is 51.4 Å². The van der Waals surface area contributed by atoms with E-state index in [2.05, 4.69) is 68.5 Å². The van der Waals surface area contributed by atoms with Gasteiger partial charge in [-0.25, -0.2) is 4.98 Å². The molecule has 0 bridgehead atoms. The van der Waals surface area contributed by atoms with Gasteiger partial charge in [0.05, 0.1) is 17.8 Å². The third-order valence-corrected chi connectivity index (χ3v) is 12.2. The fraction of sp³-hybridized carbons (Fsp3) is 0.543. The smallest absolute Gasteiger partial charge is 0.165 e. The average Bonchev–Trinajstić information content (AvgIpc) is 3.43. The quantitative estimate of drug-likeness (QED) is 0.0773. The van der Waals surface area contributed by atoms with Crippen LogP contribution in [-0.2, 0) is 9.47 Å². The van der Waals surface area contributed by atoms with E-state index >= 15 is 0 Å². The average molecular weight is 643 g/mol. The molecule has 4 aromatic rings. The van der Waals surface area contributed by atoms with Gasteiger partial charge in [-0.3, -0.25) is 4.98 Å². The Kier molecular flexibility index (Phi) is 10.8. The lowest BCUT2D eigenvalue weighted by atomic mass is 9.79. The van der Waals surface area contributed by atoms with Crippen LogP contribution in [-0.4, -0.2) is 62.4 Å². The number of fused-ring (bicyclic) bond motifs is 2. The van der Waals surface area contributed by atoms with Gasteiger partial charge in [0, 0.05) is 76.2 Å². The van der Waals surface area contributed by atoms with Crippen LogP contribution in [0.3, 0.4) is 0 Å². The number of nitrogens with zero attached hydrogens (tertiary/aromatic N) is 6. The number of pyridine rings is 1. The van der Waals surface area contributed by atoms with Crippen LogP contribution in [0.1, 0.15) is 43.7 Å². The normalized spacial score (nSPS) is 17.5. The van der Waals surface area contributed by atoms with Crippen LogP contribution in [0, 0.1) is 17.2 Å². The zero-order valence-electron chi connectivity index (χ0n) is 28.1. The number of para-hydroxylation sites is 1. The number of benzene rings is 1. The maximum absolute atomic E-state index is 9.26. The summed E-state index contributed by atoms with van der Waals surface area (Å²) in [6, 6.07) is 17.2. The molecule has 1 aliphatic carbocycles. The summed E-state index contributed by atoms with van der Waals surface area (Å²) in [5.74, 6) is 1.76. The predicted octanol–water partition coefficient (Wildman–Crippen LogP) is 8.56. The zero-order valence-corrected chi connectivity index (χ0v) is 30.1. The molecular formula is C35H50N6O2Si2. The summed E-state index contributed by atoms with van der Waals surface area (Å²) in [6.45, 7) is 16.6. The fourth-order valence-electron chi connectivity index (χ4n) is 5.89. The van der Waals surface area contributed by atoms with Crippen LogP contribution in [0.15, 0.2) is 48.8 Å². The second kappa shape index (κ2) is 14.5. The van der Waals surface area contributed by atoms with Crippen molar-refractivity contribution >= 4 is 38.5 Å². The summed E-state index contributed by atoms with van der Waals surface area (Å²) >= 11 is 0. The molecule has 240 valence electrons. The Morgan fingerprint density at radius 1 is 0.911 bits per heavy atom. The van der Waals surface area contributed by atoms with Crippen molar-refractivity contribution in [2.75, 3.05) is 31.6 Å². The minimum atomic E-state index is -1.23. The molecule has 0 unspecified atom stereocenters. The van der Waals surface area contributed by atoms with Gasteiger partial charge in [-0.15, -0.1) is 0 Å². The van der Waals surface area contributed by atoms with E-state index in [-0.39, 0.29) is 0 Å². The first kappa shape index (κ1) is 33.3. The molecule has 0 spiro atoms. The highest BCUT2D eigenvalue weighted by atomic mass is 28.3. The molecular weight excluding hydrogens is 593 g/mol. The predicted molar refractivity (Wildman–Crippen MR) is 189 cm³/mol. The number of rotatable bonds is 14. The van der Waals surface area contributed by atoms with E-state index in [1.807, 2.05) is 35.1 Å². The minimum Gasteiger partial charge on any atom is -0.361 e. The first-order valence-electron chi connectivity index (χ1n) is 16.5. The molecule has 3 aromatic heterocycles. The van der Waals surface area contributed by atoms with E-state index in [9.17, 15) is 5.26 Å². The molecule has 0 amide bonds. The standard InChI is InChI=1S/C35H50N6O2Si2/c1-44(2,3)19-17-42-25-40(26-43-18-20-45(4,5)6)34-22-33(28-13-11-27(12-14-28)15-16-36)39-35-31(24-38-41(34)35)30-21-29-9-7-8-10-32(29)37-23-30/h7-10,21-24,27-28H,11-15,17-20,25-26H2,1-6H3. The van der Waals surface area contributed by atoms with E-state index < -0.39 is 16.1 Å². The van der Waals surface area contributed by atoms with Crippen LogP contribution in [0.5, 0.6) is 0 Å². The maximum Gasteiger partial charge on any atom is 0.165 e. The molecule has 0 N–H and O–H groups in total. The van der Waals surface area contributed by atoms with Gasteiger partial charge in [-0.1, -0.05) is 57.5 Å². The molecule has 1 fully saturated rings. The van der Waals surface area contributed by atoms with Crippen molar-refractivity contribution in [3.8, 4) is 17.2 Å². The lowest BCUT2D eigenvalue weighted by molar-refractivity contribution is 0.0942. The summed E-state index contributed by atoms with van der Waals surface area (Å²) in [5.41, 5.74) is 4.85. The minimum absolute atomic E-state index is 0.337. The second-order valence-corrected chi connectivity index (χ2v) is 26.3. The highest BCUT2D eigenvalue weighted by molar-refractivity contribution is 6.76.